The summed E-state index contributed by atoms with van der Waals surface area (Å²) < 4.78 is 1.82. The van der Waals surface area contributed by atoms with Crippen LogP contribution in [-0.2, 0) is 12.0 Å². The molecule has 17 heavy (non-hydrogen) atoms. The second-order valence-electron chi connectivity index (χ2n) is 6.03. The highest BCUT2D eigenvalue weighted by Gasteiger charge is 2.27. The Bertz CT molecular complexity index is 444. The Balaban J connectivity index is 2.48. The molecule has 2 rings (SSSR count). The van der Waals surface area contributed by atoms with Crippen LogP contribution >= 0.6 is 0 Å². The Morgan fingerprint density at radius 2 is 1.94 bits per heavy atom. The number of H-pyrrole nitrogens is 1. The van der Waals surface area contributed by atoms with E-state index in [0.717, 1.165) is 24.1 Å². The number of aromatic nitrogens is 2. The molecular weight excluding hydrogens is 214 g/mol. The Hall–Kier alpha value is -1.03. The van der Waals surface area contributed by atoms with E-state index in [0.29, 0.717) is 12.6 Å². The third-order valence-electron chi connectivity index (χ3n) is 3.65. The third-order valence-corrected chi connectivity index (χ3v) is 3.65. The monoisotopic (exact) mass is 237 g/mol. The molecule has 0 aromatic carbocycles. The van der Waals surface area contributed by atoms with Crippen molar-refractivity contribution in [3.05, 3.63) is 21.6 Å². The van der Waals surface area contributed by atoms with Gasteiger partial charge in [0, 0.05) is 17.7 Å². The van der Waals surface area contributed by atoms with Crippen LogP contribution in [0.15, 0.2) is 4.79 Å². The van der Waals surface area contributed by atoms with Crippen LogP contribution in [0.1, 0.15) is 63.8 Å². The number of nitrogens with zero attached hydrogens (tertiary/aromatic N) is 1. The van der Waals surface area contributed by atoms with Crippen molar-refractivity contribution in [3.8, 4) is 0 Å². The van der Waals surface area contributed by atoms with E-state index in [-0.39, 0.29) is 11.0 Å². The summed E-state index contributed by atoms with van der Waals surface area (Å²) in [5, 5.41) is 3.31. The van der Waals surface area contributed by atoms with E-state index in [1.54, 1.807) is 0 Å². The summed E-state index contributed by atoms with van der Waals surface area (Å²) in [5.74, 6) is 0. The van der Waals surface area contributed by atoms with Gasteiger partial charge in [-0.1, -0.05) is 33.6 Å². The zero-order valence-corrected chi connectivity index (χ0v) is 11.0. The normalized spacial score (nSPS) is 17.9. The first-order chi connectivity index (χ1) is 7.95. The molecule has 1 aliphatic rings. The van der Waals surface area contributed by atoms with E-state index in [9.17, 15) is 4.79 Å². The van der Waals surface area contributed by atoms with Gasteiger partial charge in [0.25, 0.3) is 5.56 Å². The van der Waals surface area contributed by atoms with E-state index in [1.807, 2.05) is 4.68 Å². The van der Waals surface area contributed by atoms with Gasteiger partial charge in [-0.2, -0.15) is 0 Å². The number of rotatable bonds is 2. The molecule has 0 saturated heterocycles. The minimum atomic E-state index is -0.0578. The molecule has 0 bridgehead atoms. The van der Waals surface area contributed by atoms with Crippen LogP contribution < -0.4 is 11.3 Å². The molecule has 0 atom stereocenters. The summed E-state index contributed by atoms with van der Waals surface area (Å²) in [6, 6.07) is 0.351. The molecule has 1 aromatic rings. The lowest BCUT2D eigenvalue weighted by molar-refractivity contribution is 0.439. The van der Waals surface area contributed by atoms with Crippen molar-refractivity contribution < 1.29 is 0 Å². The van der Waals surface area contributed by atoms with Crippen LogP contribution in [-0.4, -0.2) is 9.78 Å². The van der Waals surface area contributed by atoms with E-state index in [2.05, 4.69) is 25.9 Å². The van der Waals surface area contributed by atoms with Crippen molar-refractivity contribution in [1.29, 1.82) is 0 Å². The van der Waals surface area contributed by atoms with Gasteiger partial charge in [-0.05, 0) is 12.8 Å². The van der Waals surface area contributed by atoms with Crippen LogP contribution in [0.4, 0.5) is 0 Å². The van der Waals surface area contributed by atoms with Crippen molar-refractivity contribution in [3.63, 3.8) is 0 Å². The highest BCUT2D eigenvalue weighted by atomic mass is 16.1. The topological polar surface area (TPSA) is 63.8 Å². The first kappa shape index (κ1) is 12.4. The fourth-order valence-corrected chi connectivity index (χ4v) is 2.72. The number of hydrogen-bond acceptors (Lipinski definition) is 2. The van der Waals surface area contributed by atoms with Gasteiger partial charge in [-0.25, -0.2) is 4.68 Å². The molecule has 0 spiro atoms. The molecule has 4 nitrogen and oxygen atoms in total. The maximum Gasteiger partial charge on any atom is 0.271 e. The summed E-state index contributed by atoms with van der Waals surface area (Å²) in [4.78, 5) is 12.3. The quantitative estimate of drug-likeness (QED) is 0.826. The summed E-state index contributed by atoms with van der Waals surface area (Å²) in [7, 11) is 0. The maximum absolute atomic E-state index is 12.3. The lowest BCUT2D eigenvalue weighted by atomic mass is 9.89. The number of nitrogens with one attached hydrogen (secondary N) is 1. The summed E-state index contributed by atoms with van der Waals surface area (Å²) in [5.41, 5.74) is 7.51. The van der Waals surface area contributed by atoms with Crippen molar-refractivity contribution >= 4 is 0 Å². The minimum absolute atomic E-state index is 0.0578. The zero-order valence-electron chi connectivity index (χ0n) is 11.0. The number of hydrogen-bond donors (Lipinski definition) is 2. The van der Waals surface area contributed by atoms with Gasteiger partial charge in [0.2, 0.25) is 0 Å². The fourth-order valence-electron chi connectivity index (χ4n) is 2.72. The van der Waals surface area contributed by atoms with Gasteiger partial charge in [0.05, 0.1) is 11.6 Å². The second-order valence-corrected chi connectivity index (χ2v) is 6.03. The van der Waals surface area contributed by atoms with Gasteiger partial charge >= 0.3 is 0 Å². The predicted octanol–water partition coefficient (Wildman–Crippen LogP) is 2.05. The van der Waals surface area contributed by atoms with E-state index >= 15 is 0 Å². The van der Waals surface area contributed by atoms with E-state index in [4.69, 9.17) is 5.73 Å². The molecule has 96 valence electrons. The second kappa shape index (κ2) is 4.33. The highest BCUT2D eigenvalue weighted by Crippen LogP contribution is 2.29. The van der Waals surface area contributed by atoms with Crippen LogP contribution in [0.5, 0.6) is 0 Å². The molecule has 0 amide bonds. The highest BCUT2D eigenvalue weighted by molar-refractivity contribution is 5.24. The van der Waals surface area contributed by atoms with Crippen LogP contribution in [0.2, 0.25) is 0 Å². The van der Waals surface area contributed by atoms with Gasteiger partial charge in [-0.3, -0.25) is 9.89 Å². The average Bonchev–Trinajstić information content (AvgIpc) is 2.82. The third kappa shape index (κ3) is 2.18. The fraction of sp³-hybridized carbons (Fsp3) is 0.769. The van der Waals surface area contributed by atoms with Crippen molar-refractivity contribution in [2.24, 2.45) is 5.73 Å². The molecule has 4 heteroatoms. The Morgan fingerprint density at radius 3 is 2.35 bits per heavy atom. The molecule has 0 aliphatic heterocycles. The lowest BCUT2D eigenvalue weighted by Gasteiger charge is -2.18. The van der Waals surface area contributed by atoms with Crippen molar-refractivity contribution in [2.75, 3.05) is 0 Å². The van der Waals surface area contributed by atoms with Crippen molar-refractivity contribution in [1.82, 2.24) is 9.78 Å². The first-order valence-corrected chi connectivity index (χ1v) is 6.49. The molecular formula is C13H23N3O. The molecule has 0 unspecified atom stereocenters. The molecule has 1 saturated carbocycles. The number of nitrogens with two attached hydrogens (primary N) is 1. The largest absolute Gasteiger partial charge is 0.326 e. The summed E-state index contributed by atoms with van der Waals surface area (Å²) in [6.07, 6.45) is 4.65. The predicted molar refractivity (Wildman–Crippen MR) is 69.1 cm³/mol. The lowest BCUT2D eigenvalue weighted by Crippen LogP contribution is -2.23. The van der Waals surface area contributed by atoms with Gasteiger partial charge < -0.3 is 5.73 Å². The maximum atomic E-state index is 12.3. The van der Waals surface area contributed by atoms with Crippen LogP contribution in [0, 0.1) is 0 Å². The summed E-state index contributed by atoms with van der Waals surface area (Å²) >= 11 is 0. The Labute approximate surface area is 102 Å². The van der Waals surface area contributed by atoms with E-state index < -0.39 is 0 Å². The molecule has 1 aliphatic carbocycles. The van der Waals surface area contributed by atoms with Gasteiger partial charge in [0.1, 0.15) is 0 Å². The average molecular weight is 237 g/mol. The molecule has 1 fully saturated rings. The smallest absolute Gasteiger partial charge is 0.271 e. The first-order valence-electron chi connectivity index (χ1n) is 6.49. The molecule has 1 heterocycles. The number of aromatic amines is 1. The van der Waals surface area contributed by atoms with Crippen molar-refractivity contribution in [2.45, 2.75) is 64.5 Å². The Kier molecular flexibility index (Phi) is 3.17. The molecule has 3 N–H and O–H groups in total. The molecule has 0 radical (unpaired) electrons. The van der Waals surface area contributed by atoms with Crippen LogP contribution in [0.3, 0.4) is 0 Å². The molecule has 1 aromatic heterocycles. The van der Waals surface area contributed by atoms with Crippen LogP contribution in [0.25, 0.3) is 0 Å². The van der Waals surface area contributed by atoms with E-state index in [1.165, 1.54) is 12.8 Å². The minimum Gasteiger partial charge on any atom is -0.326 e. The standard InChI is InChI=1S/C13H23N3O/c1-13(2,3)11-10(8-14)12(17)16(15-11)9-6-4-5-7-9/h9,15H,4-8,14H2,1-3H3. The van der Waals surface area contributed by atoms with Gasteiger partial charge in [-0.15, -0.1) is 0 Å². The zero-order chi connectivity index (χ0) is 12.6. The SMILES string of the molecule is CC(C)(C)c1[nH]n(C2CCCC2)c(=O)c1CN. The summed E-state index contributed by atoms with van der Waals surface area (Å²) in [6.45, 7) is 6.64. The Morgan fingerprint density at radius 1 is 1.35 bits per heavy atom. The van der Waals surface area contributed by atoms with Gasteiger partial charge in [0.15, 0.2) is 0 Å².